The Hall–Kier alpha value is -6.15. The van der Waals surface area contributed by atoms with Crippen LogP contribution in [0.2, 0.25) is 15.2 Å². The molecule has 5 aromatic carbocycles. The van der Waals surface area contributed by atoms with Gasteiger partial charge < -0.3 is 9.47 Å². The van der Waals surface area contributed by atoms with Gasteiger partial charge in [-0.2, -0.15) is 10.5 Å². The average molecular weight is 738 g/mol. The first-order chi connectivity index (χ1) is 25.3. The molecule has 0 N–H and O–H groups in total. The Morgan fingerprint density at radius 2 is 0.885 bits per heavy atom. The molecule has 0 aliphatic rings. The predicted octanol–water partition coefficient (Wildman–Crippen LogP) is 12.8. The predicted molar refractivity (Wildman–Crippen MR) is 207 cm³/mol. The summed E-state index contributed by atoms with van der Waals surface area (Å²) in [4.78, 5) is 8.54. The Morgan fingerprint density at radius 3 is 1.35 bits per heavy atom. The van der Waals surface area contributed by atoms with Crippen molar-refractivity contribution >= 4 is 34.8 Å². The quantitative estimate of drug-likeness (QED) is 0.151. The summed E-state index contributed by atoms with van der Waals surface area (Å²) in [6.07, 6.45) is 3.24. The number of pyridine rings is 2. The lowest BCUT2D eigenvalue weighted by molar-refractivity contribution is 0.482. The van der Waals surface area contributed by atoms with E-state index in [9.17, 15) is 10.5 Å². The zero-order valence-electron chi connectivity index (χ0n) is 27.6. The molecule has 0 bridgehead atoms. The van der Waals surface area contributed by atoms with Crippen molar-refractivity contribution in [2.45, 2.75) is 6.92 Å². The zero-order chi connectivity index (χ0) is 36.5. The van der Waals surface area contributed by atoms with Crippen LogP contribution in [-0.2, 0) is 0 Å². The van der Waals surface area contributed by atoms with Crippen LogP contribution in [0.5, 0.6) is 23.0 Å². The van der Waals surface area contributed by atoms with Crippen molar-refractivity contribution in [3.63, 3.8) is 0 Å². The van der Waals surface area contributed by atoms with E-state index in [1.807, 2.05) is 140 Å². The van der Waals surface area contributed by atoms with E-state index in [4.69, 9.17) is 44.3 Å². The van der Waals surface area contributed by atoms with Crippen LogP contribution in [0.4, 0.5) is 0 Å². The highest BCUT2D eigenvalue weighted by atomic mass is 35.5. The summed E-state index contributed by atoms with van der Waals surface area (Å²) in [5.74, 6) is 2.94. The number of nitriles is 2. The van der Waals surface area contributed by atoms with Crippen molar-refractivity contribution < 1.29 is 9.47 Å². The summed E-state index contributed by atoms with van der Waals surface area (Å²) >= 11 is 18.5. The largest absolute Gasteiger partial charge is 0.457 e. The van der Waals surface area contributed by atoms with Gasteiger partial charge in [0.1, 0.15) is 40.3 Å². The molecule has 7 aromatic rings. The lowest BCUT2D eigenvalue weighted by Gasteiger charge is -2.11. The average Bonchev–Trinajstić information content (AvgIpc) is 3.18. The van der Waals surface area contributed by atoms with Gasteiger partial charge in [-0.05, 0) is 66.6 Å². The molecule has 0 spiro atoms. The molecule has 0 saturated carbocycles. The lowest BCUT2D eigenvalue weighted by Crippen LogP contribution is -1.94. The van der Waals surface area contributed by atoms with Crippen LogP contribution in [0.3, 0.4) is 0 Å². The third-order valence-corrected chi connectivity index (χ3v) is 8.95. The van der Waals surface area contributed by atoms with E-state index >= 15 is 0 Å². The second kappa shape index (κ2) is 16.7. The summed E-state index contributed by atoms with van der Waals surface area (Å²) in [5, 5.41) is 19.7. The van der Waals surface area contributed by atoms with Gasteiger partial charge in [0.25, 0.3) is 0 Å². The maximum absolute atomic E-state index is 9.74. The highest BCUT2D eigenvalue weighted by molar-refractivity contribution is 6.42. The van der Waals surface area contributed by atoms with Crippen molar-refractivity contribution in [3.8, 4) is 68.6 Å². The third-order valence-electron chi connectivity index (χ3n) is 7.83. The molecule has 0 amide bonds. The van der Waals surface area contributed by atoms with Crippen LogP contribution >= 0.6 is 34.8 Å². The SMILES string of the molecule is Cc1ccc(-c2ncc(-c3ccc(Oc4ccccc4)cc3)c(C#N)c2Cl)cc1.N#Cc1c(-c2ccc(Oc3ccccc3)cc2)cnc(Cl)c1Cl. The lowest BCUT2D eigenvalue weighted by atomic mass is 9.99. The van der Waals surface area contributed by atoms with Crippen LogP contribution in [0, 0.1) is 29.6 Å². The number of rotatable bonds is 7. The second-order valence-electron chi connectivity index (χ2n) is 11.3. The van der Waals surface area contributed by atoms with E-state index < -0.39 is 0 Å². The van der Waals surface area contributed by atoms with Crippen molar-refractivity contribution in [1.29, 1.82) is 10.5 Å². The van der Waals surface area contributed by atoms with Crippen LogP contribution in [0.25, 0.3) is 33.5 Å². The summed E-state index contributed by atoms with van der Waals surface area (Å²) in [7, 11) is 0. The molecule has 6 nitrogen and oxygen atoms in total. The summed E-state index contributed by atoms with van der Waals surface area (Å²) < 4.78 is 11.6. The van der Waals surface area contributed by atoms with Crippen LogP contribution in [-0.4, -0.2) is 9.97 Å². The first-order valence-corrected chi connectivity index (χ1v) is 17.0. The zero-order valence-corrected chi connectivity index (χ0v) is 29.9. The highest BCUT2D eigenvalue weighted by Crippen LogP contribution is 2.36. The first kappa shape index (κ1) is 35.7. The van der Waals surface area contributed by atoms with Crippen molar-refractivity contribution in [2.75, 3.05) is 0 Å². The van der Waals surface area contributed by atoms with Crippen molar-refractivity contribution in [2.24, 2.45) is 0 Å². The standard InChI is InChI=1S/C25H17ClN2O.C18H10Cl2N2O/c1-17-7-9-19(10-8-17)25-24(26)22(15-27)23(16-28-25)18-11-13-21(14-12-18)29-20-5-3-2-4-6-20;19-17-15(10-21)16(11-22-18(17)20)12-6-8-14(9-7-12)23-13-4-2-1-3-5-13/h2-14,16H,1H3;1-9,11H. The normalized spacial score (nSPS) is 10.3. The molecule has 0 atom stereocenters. The number of nitrogens with zero attached hydrogens (tertiary/aromatic N) is 4. The summed E-state index contributed by atoms with van der Waals surface area (Å²) in [5.41, 5.74) is 6.36. The topological polar surface area (TPSA) is 91.8 Å². The van der Waals surface area contributed by atoms with Crippen molar-refractivity contribution in [1.82, 2.24) is 9.97 Å². The van der Waals surface area contributed by atoms with Gasteiger partial charge in [0.05, 0.1) is 26.9 Å². The van der Waals surface area contributed by atoms with Gasteiger partial charge in [0.2, 0.25) is 0 Å². The minimum atomic E-state index is 0.121. The molecule has 2 aromatic heterocycles. The molecule has 2 heterocycles. The summed E-state index contributed by atoms with van der Waals surface area (Å²) in [6.45, 7) is 2.02. The molecule has 0 radical (unpaired) electrons. The fourth-order valence-electron chi connectivity index (χ4n) is 5.17. The van der Waals surface area contributed by atoms with Gasteiger partial charge in [-0.3, -0.25) is 4.98 Å². The highest BCUT2D eigenvalue weighted by Gasteiger charge is 2.16. The van der Waals surface area contributed by atoms with Gasteiger partial charge in [0, 0.05) is 29.1 Å². The van der Waals surface area contributed by atoms with E-state index in [0.29, 0.717) is 44.5 Å². The smallest absolute Gasteiger partial charge is 0.148 e. The maximum Gasteiger partial charge on any atom is 0.148 e. The van der Waals surface area contributed by atoms with E-state index in [0.717, 1.165) is 33.8 Å². The number of aryl methyl sites for hydroxylation is 1. The van der Waals surface area contributed by atoms with E-state index in [1.165, 1.54) is 0 Å². The number of hydrogen-bond donors (Lipinski definition) is 0. The molecule has 9 heteroatoms. The Balaban J connectivity index is 0.000000183. The van der Waals surface area contributed by atoms with Crippen LogP contribution in [0.1, 0.15) is 16.7 Å². The maximum atomic E-state index is 9.74. The molecular formula is C43H27Cl3N4O2. The molecule has 0 aliphatic heterocycles. The van der Waals surface area contributed by atoms with Crippen LogP contribution < -0.4 is 9.47 Å². The molecule has 0 unspecified atom stereocenters. The number of hydrogen-bond acceptors (Lipinski definition) is 6. The number of ether oxygens (including phenoxy) is 2. The minimum absolute atomic E-state index is 0.121. The van der Waals surface area contributed by atoms with Gasteiger partial charge in [-0.25, -0.2) is 4.98 Å². The monoisotopic (exact) mass is 736 g/mol. The van der Waals surface area contributed by atoms with E-state index in [1.54, 1.807) is 12.4 Å². The second-order valence-corrected chi connectivity index (χ2v) is 12.4. The fraction of sp³-hybridized carbons (Fsp3) is 0.0233. The number of aromatic nitrogens is 2. The number of para-hydroxylation sites is 2. The fourth-order valence-corrected chi connectivity index (χ4v) is 5.81. The molecule has 52 heavy (non-hydrogen) atoms. The Kier molecular flexibility index (Phi) is 11.5. The first-order valence-electron chi connectivity index (χ1n) is 15.9. The molecule has 0 saturated heterocycles. The Morgan fingerprint density at radius 1 is 0.481 bits per heavy atom. The number of benzene rings is 5. The Bertz CT molecular complexity index is 2390. The van der Waals surface area contributed by atoms with Gasteiger partial charge in [-0.15, -0.1) is 0 Å². The van der Waals surface area contributed by atoms with E-state index in [2.05, 4.69) is 22.1 Å². The van der Waals surface area contributed by atoms with Gasteiger partial charge in [0.15, 0.2) is 0 Å². The molecule has 0 fully saturated rings. The molecular weight excluding hydrogens is 711 g/mol. The third kappa shape index (κ3) is 8.41. The van der Waals surface area contributed by atoms with Gasteiger partial charge >= 0.3 is 0 Å². The summed E-state index contributed by atoms with van der Waals surface area (Å²) in [6, 6.07) is 46.2. The van der Waals surface area contributed by atoms with E-state index in [-0.39, 0.29) is 10.2 Å². The minimum Gasteiger partial charge on any atom is -0.457 e. The molecule has 0 aliphatic carbocycles. The van der Waals surface area contributed by atoms with Crippen molar-refractivity contribution in [3.05, 3.63) is 178 Å². The Labute approximate surface area is 316 Å². The molecule has 7 rings (SSSR count). The van der Waals surface area contributed by atoms with Gasteiger partial charge in [-0.1, -0.05) is 125 Å². The molecule has 252 valence electrons. The van der Waals surface area contributed by atoms with Crippen LogP contribution in [0.15, 0.2) is 146 Å². The number of halogens is 3.